The normalized spacial score (nSPS) is 15.7. The molecule has 0 saturated carbocycles. The Morgan fingerprint density at radius 1 is 0.625 bits per heavy atom. The average molecular weight is 621 g/mol. The summed E-state index contributed by atoms with van der Waals surface area (Å²) in [5.41, 5.74) is 8.85. The molecule has 0 fully saturated rings. The van der Waals surface area contributed by atoms with Crippen molar-refractivity contribution in [2.75, 3.05) is 11.9 Å². The van der Waals surface area contributed by atoms with E-state index in [0.29, 0.717) is 5.84 Å². The molecule has 1 atom stereocenters. The smallest absolute Gasteiger partial charge is 0.201 e. The fourth-order valence-electron chi connectivity index (χ4n) is 7.09. The summed E-state index contributed by atoms with van der Waals surface area (Å²) >= 11 is 0. The summed E-state index contributed by atoms with van der Waals surface area (Å²) in [5.74, 6) is 2.18. The van der Waals surface area contributed by atoms with E-state index in [9.17, 15) is 0 Å². The SMILES string of the molecule is C1=Cc2c(oc3cccc(C4=NC(c5ccc6cc(-c7ccccc7)ccc6c5)=NC(c5cccc6oc7ccccc7c56)N4)c23)NC1. The van der Waals surface area contributed by atoms with Crippen LogP contribution in [-0.4, -0.2) is 18.2 Å². The lowest BCUT2D eigenvalue weighted by molar-refractivity contribution is 0.628. The summed E-state index contributed by atoms with van der Waals surface area (Å²) in [7, 11) is 0. The minimum Gasteiger partial charge on any atom is -0.456 e. The van der Waals surface area contributed by atoms with Crippen LogP contribution >= 0.6 is 0 Å². The van der Waals surface area contributed by atoms with E-state index in [0.717, 1.165) is 78.8 Å². The first-order valence-electron chi connectivity index (χ1n) is 16.2. The van der Waals surface area contributed by atoms with Gasteiger partial charge in [-0.05, 0) is 52.2 Å². The number of para-hydroxylation sites is 1. The number of hydrogen-bond donors (Lipinski definition) is 2. The van der Waals surface area contributed by atoms with Gasteiger partial charge in [0.25, 0.3) is 0 Å². The molecule has 0 saturated heterocycles. The number of furan rings is 2. The number of aliphatic imine (C=N–C) groups is 2. The van der Waals surface area contributed by atoms with Crippen molar-refractivity contribution in [3.8, 4) is 11.1 Å². The third kappa shape index (κ3) is 4.27. The minimum absolute atomic E-state index is 0.417. The highest BCUT2D eigenvalue weighted by atomic mass is 16.4. The second-order valence-electron chi connectivity index (χ2n) is 12.2. The molecular formula is C42H28N4O2. The van der Waals surface area contributed by atoms with E-state index in [2.05, 4.69) is 102 Å². The van der Waals surface area contributed by atoms with Gasteiger partial charge in [0.1, 0.15) is 28.8 Å². The third-order valence-corrected chi connectivity index (χ3v) is 9.35. The van der Waals surface area contributed by atoms with Crippen LogP contribution in [-0.2, 0) is 0 Å². The van der Waals surface area contributed by atoms with E-state index < -0.39 is 6.17 Å². The average Bonchev–Trinajstić information content (AvgIpc) is 3.73. The highest BCUT2D eigenvalue weighted by molar-refractivity contribution is 6.19. The number of anilines is 1. The van der Waals surface area contributed by atoms with E-state index in [4.69, 9.17) is 18.8 Å². The molecule has 1 unspecified atom stereocenters. The fraction of sp³-hybridized carbons (Fsp3) is 0.0476. The van der Waals surface area contributed by atoms with Crippen LogP contribution in [0.1, 0.15) is 28.4 Å². The second kappa shape index (κ2) is 10.6. The van der Waals surface area contributed by atoms with Gasteiger partial charge in [-0.1, -0.05) is 109 Å². The second-order valence-corrected chi connectivity index (χ2v) is 12.2. The van der Waals surface area contributed by atoms with Crippen LogP contribution in [0.25, 0.3) is 60.9 Å². The van der Waals surface area contributed by atoms with Crippen molar-refractivity contribution in [1.82, 2.24) is 5.32 Å². The van der Waals surface area contributed by atoms with Crippen LogP contribution in [0.5, 0.6) is 0 Å². The lowest BCUT2D eigenvalue weighted by atomic mass is 9.99. The van der Waals surface area contributed by atoms with Crippen LogP contribution in [0, 0.1) is 0 Å². The van der Waals surface area contributed by atoms with Crippen molar-refractivity contribution in [3.63, 3.8) is 0 Å². The van der Waals surface area contributed by atoms with Crippen LogP contribution in [0.2, 0.25) is 0 Å². The van der Waals surface area contributed by atoms with E-state index in [1.54, 1.807) is 0 Å². The molecule has 2 N–H and O–H groups in total. The Morgan fingerprint density at radius 3 is 2.27 bits per heavy atom. The van der Waals surface area contributed by atoms with Crippen molar-refractivity contribution >= 4 is 67.3 Å². The molecule has 2 aromatic heterocycles. The Kier molecular flexibility index (Phi) is 5.90. The molecule has 8 aromatic rings. The number of benzene rings is 6. The zero-order valence-corrected chi connectivity index (χ0v) is 25.8. The van der Waals surface area contributed by atoms with Gasteiger partial charge < -0.3 is 19.5 Å². The molecule has 2 aliphatic rings. The lowest BCUT2D eigenvalue weighted by Crippen LogP contribution is -2.33. The molecule has 6 nitrogen and oxygen atoms in total. The fourth-order valence-corrected chi connectivity index (χ4v) is 7.09. The predicted molar refractivity (Wildman–Crippen MR) is 196 cm³/mol. The topological polar surface area (TPSA) is 75.1 Å². The van der Waals surface area contributed by atoms with Crippen molar-refractivity contribution in [3.05, 3.63) is 156 Å². The van der Waals surface area contributed by atoms with Crippen LogP contribution in [0.15, 0.2) is 152 Å². The largest absolute Gasteiger partial charge is 0.456 e. The highest BCUT2D eigenvalue weighted by Crippen LogP contribution is 2.38. The van der Waals surface area contributed by atoms with Gasteiger partial charge in [0.15, 0.2) is 5.84 Å². The van der Waals surface area contributed by atoms with Crippen LogP contribution in [0.3, 0.4) is 0 Å². The zero-order chi connectivity index (χ0) is 31.6. The molecule has 0 radical (unpaired) electrons. The first kappa shape index (κ1) is 26.8. The quantitative estimate of drug-likeness (QED) is 0.205. The van der Waals surface area contributed by atoms with Crippen molar-refractivity contribution in [2.24, 2.45) is 9.98 Å². The Balaban J connectivity index is 1.16. The van der Waals surface area contributed by atoms with Gasteiger partial charge in [0.05, 0.1) is 0 Å². The molecule has 0 aliphatic carbocycles. The van der Waals surface area contributed by atoms with Crippen molar-refractivity contribution in [2.45, 2.75) is 6.17 Å². The van der Waals surface area contributed by atoms with E-state index in [1.165, 1.54) is 16.5 Å². The van der Waals surface area contributed by atoms with Crippen LogP contribution < -0.4 is 10.6 Å². The summed E-state index contributed by atoms with van der Waals surface area (Å²) in [5, 5.41) is 12.5. The maximum atomic E-state index is 6.27. The number of rotatable bonds is 4. The number of nitrogens with one attached hydrogen (secondary N) is 2. The summed E-state index contributed by atoms with van der Waals surface area (Å²) in [6.07, 6.45) is 3.82. The number of hydrogen-bond acceptors (Lipinski definition) is 6. The van der Waals surface area contributed by atoms with Gasteiger partial charge in [0, 0.05) is 45.0 Å². The van der Waals surface area contributed by atoms with Gasteiger partial charge in [0.2, 0.25) is 5.88 Å². The zero-order valence-electron chi connectivity index (χ0n) is 25.8. The minimum atomic E-state index is -0.417. The third-order valence-electron chi connectivity index (χ3n) is 9.35. The summed E-state index contributed by atoms with van der Waals surface area (Å²) in [4.78, 5) is 10.5. The van der Waals surface area contributed by atoms with Gasteiger partial charge in [-0.2, -0.15) is 0 Å². The van der Waals surface area contributed by atoms with Crippen molar-refractivity contribution < 1.29 is 8.83 Å². The molecule has 6 aromatic carbocycles. The van der Waals surface area contributed by atoms with Crippen LogP contribution in [0.4, 0.5) is 5.88 Å². The maximum Gasteiger partial charge on any atom is 0.201 e. The van der Waals surface area contributed by atoms with Crippen molar-refractivity contribution in [1.29, 1.82) is 0 Å². The highest BCUT2D eigenvalue weighted by Gasteiger charge is 2.27. The molecule has 0 bridgehead atoms. The molecule has 228 valence electrons. The molecule has 10 rings (SSSR count). The van der Waals surface area contributed by atoms with E-state index in [1.807, 2.05) is 48.5 Å². The number of nitrogens with zero attached hydrogens (tertiary/aromatic N) is 2. The maximum absolute atomic E-state index is 6.27. The first-order chi connectivity index (χ1) is 23.8. The Morgan fingerprint density at radius 2 is 1.38 bits per heavy atom. The van der Waals surface area contributed by atoms with Gasteiger partial charge in [-0.15, -0.1) is 0 Å². The molecule has 6 heteroatoms. The van der Waals surface area contributed by atoms with Gasteiger partial charge >= 0.3 is 0 Å². The van der Waals surface area contributed by atoms with Gasteiger partial charge in [-0.25, -0.2) is 9.98 Å². The molecule has 4 heterocycles. The molecule has 0 spiro atoms. The molecule has 48 heavy (non-hydrogen) atoms. The lowest BCUT2D eigenvalue weighted by Gasteiger charge is -2.24. The molecular weight excluding hydrogens is 592 g/mol. The first-order valence-corrected chi connectivity index (χ1v) is 16.2. The molecule has 2 aliphatic heterocycles. The Labute approximate surface area is 275 Å². The summed E-state index contributed by atoms with van der Waals surface area (Å²) in [6, 6.07) is 44.0. The standard InChI is InChI=1S/C42H28N4O2/c1-2-9-25(10-3-1)26-18-19-28-24-29(21-20-27(28)23-26)39-44-40(31-12-6-16-35-37(31)30-11-4-5-15-34(30)47-35)46-41(45-39)32-13-7-17-36-38(32)33-14-8-22-43-42(33)48-36/h1-21,23-24,40,43H,22H2,(H,44,45,46). The molecule has 0 amide bonds. The number of amidine groups is 2. The van der Waals surface area contributed by atoms with E-state index >= 15 is 0 Å². The Hall–Kier alpha value is -6.40. The number of fused-ring (bicyclic) bond motifs is 7. The predicted octanol–water partition coefficient (Wildman–Crippen LogP) is 10.1. The summed E-state index contributed by atoms with van der Waals surface area (Å²) < 4.78 is 12.5. The monoisotopic (exact) mass is 620 g/mol. The Bertz CT molecular complexity index is 2660. The summed E-state index contributed by atoms with van der Waals surface area (Å²) in [6.45, 7) is 0.734. The van der Waals surface area contributed by atoms with Gasteiger partial charge in [-0.3, -0.25) is 0 Å². The van der Waals surface area contributed by atoms with E-state index in [-0.39, 0.29) is 0 Å².